The van der Waals surface area contributed by atoms with Crippen molar-refractivity contribution in [3.63, 3.8) is 0 Å². The van der Waals surface area contributed by atoms with E-state index in [0.717, 1.165) is 38.5 Å². The molecule has 0 saturated carbocycles. The molecule has 3 atom stereocenters. The lowest BCUT2D eigenvalue weighted by Gasteiger charge is -2.21. The van der Waals surface area contributed by atoms with E-state index >= 15 is 0 Å². The molecule has 5 heteroatoms. The lowest BCUT2D eigenvalue weighted by atomic mass is 10.0. The first-order valence-electron chi connectivity index (χ1n) is 17.6. The Bertz CT molecular complexity index is 606. The number of nitrogens with one attached hydrogen (secondary N) is 1. The van der Waals surface area contributed by atoms with Crippen LogP contribution in [-0.2, 0) is 4.79 Å². The first kappa shape index (κ1) is 39.8. The fourth-order valence-corrected chi connectivity index (χ4v) is 5.21. The molecule has 3 unspecified atom stereocenters. The van der Waals surface area contributed by atoms with Crippen LogP contribution in [0.1, 0.15) is 174 Å². The number of aliphatic hydroxyl groups excluding tert-OH is 3. The highest BCUT2D eigenvalue weighted by atomic mass is 16.3. The van der Waals surface area contributed by atoms with E-state index in [9.17, 15) is 20.1 Å². The van der Waals surface area contributed by atoms with Crippen LogP contribution < -0.4 is 5.32 Å². The molecule has 0 radical (unpaired) electrons. The van der Waals surface area contributed by atoms with Crippen molar-refractivity contribution in [1.29, 1.82) is 0 Å². The number of rotatable bonds is 31. The zero-order chi connectivity index (χ0) is 30.2. The number of hydrogen-bond donors (Lipinski definition) is 4. The first-order valence-corrected chi connectivity index (χ1v) is 17.6. The SMILES string of the molecule is CCCCC/C=C\CCCCCC(O)CC(=O)NC(CO)C(O)/C=C/CCCCCCCCCCCCCCCC. The number of allylic oxidation sites excluding steroid dienone is 3. The first-order chi connectivity index (χ1) is 20.0. The summed E-state index contributed by atoms with van der Waals surface area (Å²) in [4.78, 5) is 12.3. The van der Waals surface area contributed by atoms with Crippen LogP contribution in [0.4, 0.5) is 0 Å². The predicted molar refractivity (Wildman–Crippen MR) is 176 cm³/mol. The van der Waals surface area contributed by atoms with Crippen molar-refractivity contribution in [2.45, 2.75) is 193 Å². The fraction of sp³-hybridized carbons (Fsp3) is 0.861. The van der Waals surface area contributed by atoms with Crippen molar-refractivity contribution in [2.75, 3.05) is 6.61 Å². The lowest BCUT2D eigenvalue weighted by molar-refractivity contribution is -0.124. The van der Waals surface area contributed by atoms with Gasteiger partial charge in [0, 0.05) is 0 Å². The summed E-state index contributed by atoms with van der Waals surface area (Å²) in [6.07, 6.45) is 35.9. The summed E-state index contributed by atoms with van der Waals surface area (Å²) in [5.41, 5.74) is 0. The molecule has 0 aromatic carbocycles. The number of aliphatic hydroxyl groups is 3. The average molecular weight is 580 g/mol. The Morgan fingerprint density at radius 2 is 1.02 bits per heavy atom. The summed E-state index contributed by atoms with van der Waals surface area (Å²) in [5, 5.41) is 32.9. The fourth-order valence-electron chi connectivity index (χ4n) is 5.21. The highest BCUT2D eigenvalue weighted by molar-refractivity contribution is 5.76. The van der Waals surface area contributed by atoms with Crippen molar-refractivity contribution >= 4 is 5.91 Å². The smallest absolute Gasteiger partial charge is 0.222 e. The third kappa shape index (κ3) is 28.7. The predicted octanol–water partition coefficient (Wildman–Crippen LogP) is 9.09. The largest absolute Gasteiger partial charge is 0.394 e. The molecule has 5 nitrogen and oxygen atoms in total. The molecule has 4 N–H and O–H groups in total. The molecule has 242 valence electrons. The van der Waals surface area contributed by atoms with Crippen LogP contribution in [0.5, 0.6) is 0 Å². The Labute approximate surface area is 254 Å². The van der Waals surface area contributed by atoms with Crippen molar-refractivity contribution < 1.29 is 20.1 Å². The van der Waals surface area contributed by atoms with Gasteiger partial charge < -0.3 is 20.6 Å². The number of unbranched alkanes of at least 4 members (excludes halogenated alkanes) is 20. The second-order valence-corrected chi connectivity index (χ2v) is 12.1. The molecule has 41 heavy (non-hydrogen) atoms. The lowest BCUT2D eigenvalue weighted by Crippen LogP contribution is -2.45. The quantitative estimate of drug-likeness (QED) is 0.0487. The van der Waals surface area contributed by atoms with Crippen LogP contribution in [0.15, 0.2) is 24.3 Å². The van der Waals surface area contributed by atoms with Crippen LogP contribution in [0.25, 0.3) is 0 Å². The van der Waals surface area contributed by atoms with Crippen molar-refractivity contribution in [2.24, 2.45) is 0 Å². The van der Waals surface area contributed by atoms with E-state index in [1.807, 2.05) is 6.08 Å². The molecule has 0 aliphatic heterocycles. The van der Waals surface area contributed by atoms with Crippen LogP contribution in [0.2, 0.25) is 0 Å². The molecule has 0 rings (SSSR count). The molecule has 0 bridgehead atoms. The highest BCUT2D eigenvalue weighted by Crippen LogP contribution is 2.14. The second-order valence-electron chi connectivity index (χ2n) is 12.1. The molecule has 0 aromatic rings. The van der Waals surface area contributed by atoms with Crippen LogP contribution in [0, 0.1) is 0 Å². The third-order valence-electron chi connectivity index (χ3n) is 7.98. The maximum atomic E-state index is 12.3. The number of amides is 1. The number of carbonyl (C=O) groups is 1. The van der Waals surface area contributed by atoms with Crippen molar-refractivity contribution in [3.8, 4) is 0 Å². The Hall–Kier alpha value is -1.17. The Kier molecular flexibility index (Phi) is 30.9. The van der Waals surface area contributed by atoms with E-state index in [0.29, 0.717) is 6.42 Å². The summed E-state index contributed by atoms with van der Waals surface area (Å²) < 4.78 is 0. The maximum absolute atomic E-state index is 12.3. The van der Waals surface area contributed by atoms with Gasteiger partial charge in [-0.3, -0.25) is 4.79 Å². The molecule has 0 aliphatic rings. The normalized spacial score (nSPS) is 14.2. The minimum absolute atomic E-state index is 0.00329. The van der Waals surface area contributed by atoms with E-state index in [4.69, 9.17) is 0 Å². The van der Waals surface area contributed by atoms with Gasteiger partial charge in [-0.25, -0.2) is 0 Å². The van der Waals surface area contributed by atoms with Gasteiger partial charge in [0.1, 0.15) is 0 Å². The average Bonchev–Trinajstić information content (AvgIpc) is 2.96. The Morgan fingerprint density at radius 3 is 1.54 bits per heavy atom. The van der Waals surface area contributed by atoms with Gasteiger partial charge in [0.05, 0.1) is 31.3 Å². The number of carbonyl (C=O) groups excluding carboxylic acids is 1. The molecule has 0 fully saturated rings. The summed E-state index contributed by atoms with van der Waals surface area (Å²) in [6, 6.07) is -0.744. The van der Waals surface area contributed by atoms with Crippen LogP contribution in [-0.4, -0.2) is 46.1 Å². The van der Waals surface area contributed by atoms with E-state index in [-0.39, 0.29) is 18.9 Å². The Morgan fingerprint density at radius 1 is 0.610 bits per heavy atom. The van der Waals surface area contributed by atoms with Gasteiger partial charge in [-0.1, -0.05) is 147 Å². The zero-order valence-electron chi connectivity index (χ0n) is 27.2. The molecule has 0 spiro atoms. The zero-order valence-corrected chi connectivity index (χ0v) is 27.2. The molecular weight excluding hydrogens is 510 g/mol. The standard InChI is InChI=1S/C36H69NO4/c1-3-5-7-9-11-13-15-16-17-18-19-20-22-24-26-28-30-35(40)34(32-38)37-36(41)31-33(39)29-27-25-23-21-14-12-10-8-6-4-2/h12,14,28,30,33-35,38-40H,3-11,13,15-27,29,31-32H2,1-2H3,(H,37,41)/b14-12-,30-28+. The molecular formula is C36H69NO4. The van der Waals surface area contributed by atoms with Crippen LogP contribution in [0.3, 0.4) is 0 Å². The van der Waals surface area contributed by atoms with Gasteiger partial charge in [-0.2, -0.15) is 0 Å². The molecule has 0 saturated heterocycles. The molecule has 0 aromatic heterocycles. The molecule has 0 heterocycles. The summed E-state index contributed by atoms with van der Waals surface area (Å²) in [6.45, 7) is 4.15. The third-order valence-corrected chi connectivity index (χ3v) is 7.98. The van der Waals surface area contributed by atoms with Gasteiger partial charge in [0.15, 0.2) is 0 Å². The second kappa shape index (κ2) is 31.8. The maximum Gasteiger partial charge on any atom is 0.222 e. The van der Waals surface area contributed by atoms with Gasteiger partial charge in [-0.05, 0) is 44.9 Å². The Balaban J connectivity index is 3.76. The van der Waals surface area contributed by atoms with E-state index in [2.05, 4.69) is 31.3 Å². The topological polar surface area (TPSA) is 89.8 Å². The minimum atomic E-state index is -0.928. The van der Waals surface area contributed by atoms with Gasteiger partial charge in [0.2, 0.25) is 5.91 Å². The highest BCUT2D eigenvalue weighted by Gasteiger charge is 2.20. The van der Waals surface area contributed by atoms with E-state index in [1.165, 1.54) is 109 Å². The summed E-state index contributed by atoms with van der Waals surface area (Å²) in [5.74, 6) is -0.328. The monoisotopic (exact) mass is 580 g/mol. The van der Waals surface area contributed by atoms with Gasteiger partial charge in [0.25, 0.3) is 0 Å². The van der Waals surface area contributed by atoms with E-state index in [1.54, 1.807) is 6.08 Å². The van der Waals surface area contributed by atoms with Crippen molar-refractivity contribution in [3.05, 3.63) is 24.3 Å². The summed E-state index contributed by atoms with van der Waals surface area (Å²) >= 11 is 0. The minimum Gasteiger partial charge on any atom is -0.394 e. The van der Waals surface area contributed by atoms with Crippen LogP contribution >= 0.6 is 0 Å². The van der Waals surface area contributed by atoms with Gasteiger partial charge >= 0.3 is 0 Å². The number of hydrogen-bond acceptors (Lipinski definition) is 4. The van der Waals surface area contributed by atoms with Crippen molar-refractivity contribution in [1.82, 2.24) is 5.32 Å². The van der Waals surface area contributed by atoms with E-state index < -0.39 is 18.2 Å². The molecule has 1 amide bonds. The molecule has 0 aliphatic carbocycles. The van der Waals surface area contributed by atoms with Gasteiger partial charge in [-0.15, -0.1) is 0 Å². The summed E-state index contributed by atoms with van der Waals surface area (Å²) in [7, 11) is 0.